The Morgan fingerprint density at radius 1 is 0.600 bits per heavy atom. The molecule has 0 aromatic heterocycles. The zero-order chi connectivity index (χ0) is 25.9. The molecule has 0 atom stereocenters. The van der Waals surface area contributed by atoms with Gasteiger partial charge in [-0.25, -0.2) is 16.8 Å². The lowest BCUT2D eigenvalue weighted by atomic mass is 10.2. The van der Waals surface area contributed by atoms with Crippen molar-refractivity contribution >= 4 is 19.7 Å². The van der Waals surface area contributed by atoms with Gasteiger partial charge < -0.3 is 9.47 Å². The Morgan fingerprint density at radius 2 is 1.00 bits per heavy atom. The smallest absolute Gasteiger partial charge is 0.196 e. The summed E-state index contributed by atoms with van der Waals surface area (Å²) in [6.45, 7) is 8.53. The molecule has 0 saturated heterocycles. The second kappa shape index (κ2) is 13.9. The van der Waals surface area contributed by atoms with Gasteiger partial charge in [0.05, 0.1) is 13.2 Å². The Morgan fingerprint density at radius 3 is 1.37 bits per heavy atom. The molecule has 196 valence electrons. The summed E-state index contributed by atoms with van der Waals surface area (Å²) in [5, 5.41) is -1.05. The monoisotopic (exact) mass is 524 g/mol. The fraction of sp³-hybridized carbons (Fsp3) is 0.556. The van der Waals surface area contributed by atoms with Crippen LogP contribution in [0.25, 0.3) is 0 Å². The molecule has 8 heteroatoms. The molecule has 2 rings (SSSR count). The lowest BCUT2D eigenvalue weighted by molar-refractivity contribution is 0.297. The quantitative estimate of drug-likeness (QED) is 0.235. The summed E-state index contributed by atoms with van der Waals surface area (Å²) in [7, 11) is -8.39. The lowest BCUT2D eigenvalue weighted by Gasteiger charge is -2.15. The standard InChI is InChI=1S/C27H40O6S2/c1-5-7-9-11-17-32-24-15-13-22(3)19-26(24)34(28,29)21-35(30,31)27-20-23(4)14-16-25(27)33-18-12-10-8-6-2/h13-16,19-20H,5-12,17-18,21H2,1-4H3. The third kappa shape index (κ3) is 9.15. The first-order valence-corrected chi connectivity index (χ1v) is 15.8. The van der Waals surface area contributed by atoms with E-state index in [1.165, 1.54) is 12.1 Å². The van der Waals surface area contributed by atoms with Gasteiger partial charge in [0, 0.05) is 0 Å². The van der Waals surface area contributed by atoms with Crippen LogP contribution >= 0.6 is 0 Å². The summed E-state index contributed by atoms with van der Waals surface area (Å²) in [4.78, 5) is -0.183. The van der Waals surface area contributed by atoms with E-state index in [1.807, 2.05) is 0 Å². The van der Waals surface area contributed by atoms with E-state index < -0.39 is 24.8 Å². The molecule has 0 fully saturated rings. The highest BCUT2D eigenvalue weighted by Crippen LogP contribution is 2.32. The van der Waals surface area contributed by atoms with Gasteiger partial charge in [0.25, 0.3) is 0 Å². The van der Waals surface area contributed by atoms with Crippen LogP contribution in [-0.2, 0) is 19.7 Å². The Kier molecular flexibility index (Phi) is 11.6. The molecule has 0 aliphatic rings. The molecule has 35 heavy (non-hydrogen) atoms. The lowest BCUT2D eigenvalue weighted by Crippen LogP contribution is -2.19. The topological polar surface area (TPSA) is 86.7 Å². The van der Waals surface area contributed by atoms with Gasteiger partial charge in [-0.1, -0.05) is 64.5 Å². The second-order valence-corrected chi connectivity index (χ2v) is 13.3. The maximum absolute atomic E-state index is 13.4. The zero-order valence-corrected chi connectivity index (χ0v) is 23.1. The molecule has 0 spiro atoms. The maximum Gasteiger partial charge on any atom is 0.196 e. The number of hydrogen-bond donors (Lipinski definition) is 0. The van der Waals surface area contributed by atoms with Crippen molar-refractivity contribution < 1.29 is 26.3 Å². The molecule has 0 radical (unpaired) electrons. The van der Waals surface area contributed by atoms with Crippen LogP contribution in [0, 0.1) is 13.8 Å². The predicted molar refractivity (Wildman–Crippen MR) is 141 cm³/mol. The minimum atomic E-state index is -4.20. The first kappa shape index (κ1) is 29.2. The van der Waals surface area contributed by atoms with Crippen LogP contribution < -0.4 is 9.47 Å². The number of unbranched alkanes of at least 4 members (excludes halogenated alkanes) is 6. The second-order valence-electron chi connectivity index (χ2n) is 9.07. The summed E-state index contributed by atoms with van der Waals surface area (Å²) in [5.41, 5.74) is 1.43. The van der Waals surface area contributed by atoms with Crippen molar-refractivity contribution in [2.45, 2.75) is 88.9 Å². The summed E-state index contributed by atoms with van der Waals surface area (Å²) in [6, 6.07) is 9.69. The van der Waals surface area contributed by atoms with Crippen molar-refractivity contribution in [3.8, 4) is 11.5 Å². The number of ether oxygens (including phenoxy) is 2. The van der Waals surface area contributed by atoms with E-state index in [1.54, 1.807) is 38.1 Å². The minimum Gasteiger partial charge on any atom is -0.492 e. The van der Waals surface area contributed by atoms with Crippen molar-refractivity contribution in [1.82, 2.24) is 0 Å². The first-order chi connectivity index (χ1) is 16.6. The van der Waals surface area contributed by atoms with Gasteiger partial charge in [-0.15, -0.1) is 0 Å². The largest absolute Gasteiger partial charge is 0.492 e. The molecule has 2 aromatic rings. The van der Waals surface area contributed by atoms with Crippen LogP contribution in [0.5, 0.6) is 11.5 Å². The first-order valence-electron chi connectivity index (χ1n) is 12.5. The van der Waals surface area contributed by atoms with Gasteiger partial charge >= 0.3 is 0 Å². The van der Waals surface area contributed by atoms with E-state index in [-0.39, 0.29) is 21.3 Å². The van der Waals surface area contributed by atoms with E-state index >= 15 is 0 Å². The van der Waals surface area contributed by atoms with Crippen molar-refractivity contribution in [2.24, 2.45) is 0 Å². The Labute approximate surface area is 211 Å². The summed E-state index contributed by atoms with van der Waals surface area (Å²) in [5.74, 6) is 0.387. The fourth-order valence-corrected chi connectivity index (χ4v) is 7.96. The highest BCUT2D eigenvalue weighted by atomic mass is 32.3. The number of rotatable bonds is 16. The molecule has 0 aliphatic heterocycles. The molecule has 0 bridgehead atoms. The van der Waals surface area contributed by atoms with Crippen molar-refractivity contribution in [1.29, 1.82) is 0 Å². The molecule has 0 saturated carbocycles. The van der Waals surface area contributed by atoms with Crippen LogP contribution in [0.3, 0.4) is 0 Å². The molecule has 0 aliphatic carbocycles. The van der Waals surface area contributed by atoms with Gasteiger partial charge in [0.1, 0.15) is 21.3 Å². The SMILES string of the molecule is CCCCCCOc1ccc(C)cc1S(=O)(=O)CS(=O)(=O)c1cc(C)ccc1OCCCCCC. The van der Waals surface area contributed by atoms with Gasteiger partial charge in [0.15, 0.2) is 24.8 Å². The van der Waals surface area contributed by atoms with E-state index in [2.05, 4.69) is 13.8 Å². The van der Waals surface area contributed by atoms with Crippen LogP contribution in [0.1, 0.15) is 76.3 Å². The number of sulfone groups is 2. The summed E-state index contributed by atoms with van der Waals surface area (Å²) < 4.78 is 65.0. The normalized spacial score (nSPS) is 12.0. The highest BCUT2D eigenvalue weighted by molar-refractivity contribution is 8.08. The molecule has 2 aromatic carbocycles. The van der Waals surface area contributed by atoms with Crippen molar-refractivity contribution in [3.63, 3.8) is 0 Å². The predicted octanol–water partition coefficient (Wildman–Crippen LogP) is 6.43. The number of hydrogen-bond acceptors (Lipinski definition) is 6. The Hall–Kier alpha value is -2.06. The average Bonchev–Trinajstić information content (AvgIpc) is 2.79. The zero-order valence-electron chi connectivity index (χ0n) is 21.5. The van der Waals surface area contributed by atoms with Gasteiger partial charge in [-0.3, -0.25) is 0 Å². The molecular formula is C27H40O6S2. The molecule has 6 nitrogen and oxygen atoms in total. The van der Waals surface area contributed by atoms with E-state index in [9.17, 15) is 16.8 Å². The Bertz CT molecular complexity index is 1060. The summed E-state index contributed by atoms with van der Waals surface area (Å²) >= 11 is 0. The number of aryl methyl sites for hydroxylation is 2. The highest BCUT2D eigenvalue weighted by Gasteiger charge is 2.31. The van der Waals surface area contributed by atoms with E-state index in [0.29, 0.717) is 24.3 Å². The third-order valence-electron chi connectivity index (χ3n) is 5.69. The average molecular weight is 525 g/mol. The summed E-state index contributed by atoms with van der Waals surface area (Å²) in [6.07, 6.45) is 7.95. The minimum absolute atomic E-state index is 0.0914. The molecule has 0 amide bonds. The molecular weight excluding hydrogens is 484 g/mol. The molecule has 0 unspecified atom stereocenters. The van der Waals surface area contributed by atoms with Crippen LogP contribution in [-0.4, -0.2) is 35.1 Å². The van der Waals surface area contributed by atoms with E-state index in [0.717, 1.165) is 51.4 Å². The molecule has 0 heterocycles. The van der Waals surface area contributed by atoms with E-state index in [4.69, 9.17) is 9.47 Å². The Balaban J connectivity index is 2.27. The molecule has 0 N–H and O–H groups in total. The van der Waals surface area contributed by atoms with Crippen LogP contribution in [0.2, 0.25) is 0 Å². The fourth-order valence-electron chi connectivity index (χ4n) is 3.71. The van der Waals surface area contributed by atoms with Crippen LogP contribution in [0.15, 0.2) is 46.2 Å². The number of benzene rings is 2. The van der Waals surface area contributed by atoms with Gasteiger partial charge in [0.2, 0.25) is 0 Å². The maximum atomic E-state index is 13.4. The van der Waals surface area contributed by atoms with Gasteiger partial charge in [-0.05, 0) is 62.1 Å². The van der Waals surface area contributed by atoms with Crippen molar-refractivity contribution in [2.75, 3.05) is 18.3 Å². The van der Waals surface area contributed by atoms with Gasteiger partial charge in [-0.2, -0.15) is 0 Å². The third-order valence-corrected chi connectivity index (χ3v) is 10.2. The van der Waals surface area contributed by atoms with Crippen molar-refractivity contribution in [3.05, 3.63) is 47.5 Å². The van der Waals surface area contributed by atoms with Crippen LogP contribution in [0.4, 0.5) is 0 Å².